The Kier molecular flexibility index (Phi) is 4.08. The van der Waals surface area contributed by atoms with Crippen LogP contribution < -0.4 is 0 Å². The van der Waals surface area contributed by atoms with Crippen LogP contribution in [0.4, 0.5) is 0 Å². The summed E-state index contributed by atoms with van der Waals surface area (Å²) in [5.74, 6) is 1.87. The van der Waals surface area contributed by atoms with Gasteiger partial charge in [-0.1, -0.05) is 40.0 Å². The van der Waals surface area contributed by atoms with Gasteiger partial charge in [-0.15, -0.1) is 0 Å². The number of carbonyl (C=O) groups is 1. The van der Waals surface area contributed by atoms with Crippen LogP contribution in [0.25, 0.3) is 0 Å². The molecule has 1 amide bonds. The van der Waals surface area contributed by atoms with Gasteiger partial charge in [0.1, 0.15) is 11.4 Å². The lowest BCUT2D eigenvalue weighted by Crippen LogP contribution is -2.42. The lowest BCUT2D eigenvalue weighted by Gasteiger charge is -2.24. The molecule has 0 unspecified atom stereocenters. The van der Waals surface area contributed by atoms with E-state index in [1.165, 1.54) is 0 Å². The van der Waals surface area contributed by atoms with Crippen molar-refractivity contribution in [1.82, 2.24) is 4.90 Å². The number of carbonyl (C=O) groups excluding carboxylic acids is 1. The Morgan fingerprint density at radius 3 is 2.56 bits per heavy atom. The first-order chi connectivity index (χ1) is 8.59. The number of nitrogens with zero attached hydrogens (tertiary/aromatic N) is 2. The summed E-state index contributed by atoms with van der Waals surface area (Å²) in [6.45, 7) is 7.37. The molecule has 1 saturated carbocycles. The van der Waals surface area contributed by atoms with E-state index in [0.29, 0.717) is 11.8 Å². The lowest BCUT2D eigenvalue weighted by molar-refractivity contribution is -0.131. The molecule has 0 aromatic rings. The number of hydrogen-bond donors (Lipinski definition) is 0. The second-order valence-corrected chi connectivity index (χ2v) is 6.18. The van der Waals surface area contributed by atoms with Gasteiger partial charge in [0.15, 0.2) is 0 Å². The van der Waals surface area contributed by atoms with Gasteiger partial charge in [-0.3, -0.25) is 14.7 Å². The van der Waals surface area contributed by atoms with Crippen molar-refractivity contribution in [2.75, 3.05) is 6.54 Å². The average molecular weight is 250 g/mol. The molecule has 2 rings (SSSR count). The summed E-state index contributed by atoms with van der Waals surface area (Å²) < 4.78 is 0. The number of amides is 1. The van der Waals surface area contributed by atoms with Gasteiger partial charge in [0.2, 0.25) is 0 Å². The Morgan fingerprint density at radius 1 is 1.33 bits per heavy atom. The second-order valence-electron chi connectivity index (χ2n) is 6.18. The van der Waals surface area contributed by atoms with Crippen LogP contribution >= 0.6 is 0 Å². The van der Waals surface area contributed by atoms with Crippen molar-refractivity contribution < 1.29 is 4.79 Å². The molecule has 102 valence electrons. The summed E-state index contributed by atoms with van der Waals surface area (Å²) in [4.78, 5) is 19.5. The first kappa shape index (κ1) is 13.6. The third-order valence-electron chi connectivity index (χ3n) is 4.03. The predicted molar refractivity (Wildman–Crippen MR) is 74.7 cm³/mol. The minimum Gasteiger partial charge on any atom is -0.298 e. The topological polar surface area (TPSA) is 32.7 Å². The van der Waals surface area contributed by atoms with Crippen LogP contribution in [0.1, 0.15) is 65.7 Å². The molecule has 2 aliphatic rings. The monoisotopic (exact) mass is 250 g/mol. The molecule has 0 radical (unpaired) electrons. The highest BCUT2D eigenvalue weighted by Crippen LogP contribution is 2.39. The zero-order valence-electron chi connectivity index (χ0n) is 12.0. The summed E-state index contributed by atoms with van der Waals surface area (Å²) in [5.41, 5.74) is -0.349. The van der Waals surface area contributed by atoms with Gasteiger partial charge >= 0.3 is 0 Å². The molecule has 0 aromatic heterocycles. The SMILES string of the molecule is CCCCC1=NC2(CCCC2)C(=O)N1CC(C)C. The van der Waals surface area contributed by atoms with E-state index in [2.05, 4.69) is 20.8 Å². The molecule has 0 N–H and O–H groups in total. The quantitative estimate of drug-likeness (QED) is 0.736. The van der Waals surface area contributed by atoms with Gasteiger partial charge in [0.25, 0.3) is 5.91 Å². The van der Waals surface area contributed by atoms with E-state index in [1.807, 2.05) is 4.90 Å². The number of hydrogen-bond acceptors (Lipinski definition) is 2. The fraction of sp³-hybridized carbons (Fsp3) is 0.867. The summed E-state index contributed by atoms with van der Waals surface area (Å²) >= 11 is 0. The summed E-state index contributed by atoms with van der Waals surface area (Å²) in [7, 11) is 0. The van der Waals surface area contributed by atoms with Crippen molar-refractivity contribution in [2.24, 2.45) is 10.9 Å². The second kappa shape index (κ2) is 5.41. The fourth-order valence-corrected chi connectivity index (χ4v) is 3.09. The highest BCUT2D eigenvalue weighted by Gasteiger charge is 2.49. The maximum atomic E-state index is 12.6. The van der Waals surface area contributed by atoms with Crippen LogP contribution in [0, 0.1) is 5.92 Å². The van der Waals surface area contributed by atoms with Crippen molar-refractivity contribution in [2.45, 2.75) is 71.3 Å². The Balaban J connectivity index is 2.17. The van der Waals surface area contributed by atoms with E-state index in [1.54, 1.807) is 0 Å². The Morgan fingerprint density at radius 2 is 2.00 bits per heavy atom. The molecule has 3 nitrogen and oxygen atoms in total. The van der Waals surface area contributed by atoms with Crippen molar-refractivity contribution in [3.05, 3.63) is 0 Å². The van der Waals surface area contributed by atoms with Crippen LogP contribution in [0.5, 0.6) is 0 Å². The van der Waals surface area contributed by atoms with Crippen molar-refractivity contribution in [1.29, 1.82) is 0 Å². The van der Waals surface area contributed by atoms with Gasteiger partial charge in [0.05, 0.1) is 0 Å². The highest BCUT2D eigenvalue weighted by atomic mass is 16.2. The zero-order valence-corrected chi connectivity index (χ0v) is 12.0. The smallest absolute Gasteiger partial charge is 0.255 e. The molecule has 0 saturated heterocycles. The Bertz CT molecular complexity index is 340. The predicted octanol–water partition coefficient (Wildman–Crippen LogP) is 3.39. The van der Waals surface area contributed by atoms with E-state index in [9.17, 15) is 4.79 Å². The largest absolute Gasteiger partial charge is 0.298 e. The molecule has 1 fully saturated rings. The third-order valence-corrected chi connectivity index (χ3v) is 4.03. The van der Waals surface area contributed by atoms with Gasteiger partial charge in [-0.2, -0.15) is 0 Å². The molecule has 18 heavy (non-hydrogen) atoms. The molecule has 1 aliphatic carbocycles. The molecule has 1 spiro atoms. The molecule has 0 bridgehead atoms. The van der Waals surface area contributed by atoms with Crippen molar-refractivity contribution in [3.8, 4) is 0 Å². The minimum absolute atomic E-state index is 0.291. The molecule has 0 aromatic carbocycles. The average Bonchev–Trinajstić information content (AvgIpc) is 2.88. The molecule has 0 atom stereocenters. The van der Waals surface area contributed by atoms with Crippen LogP contribution in [0.3, 0.4) is 0 Å². The van der Waals surface area contributed by atoms with Crippen molar-refractivity contribution in [3.63, 3.8) is 0 Å². The molecular formula is C15H26N2O. The summed E-state index contributed by atoms with van der Waals surface area (Å²) in [6, 6.07) is 0. The number of unbranched alkanes of at least 4 members (excludes halogenated alkanes) is 1. The van der Waals surface area contributed by atoms with Gasteiger partial charge in [0, 0.05) is 13.0 Å². The Hall–Kier alpha value is -0.860. The van der Waals surface area contributed by atoms with Gasteiger partial charge < -0.3 is 0 Å². The van der Waals surface area contributed by atoms with Crippen LogP contribution in [0.15, 0.2) is 4.99 Å². The maximum absolute atomic E-state index is 12.6. The number of amidine groups is 1. The van der Waals surface area contributed by atoms with E-state index in [4.69, 9.17) is 4.99 Å². The third kappa shape index (κ3) is 2.45. The van der Waals surface area contributed by atoms with Gasteiger partial charge in [-0.05, 0) is 25.2 Å². The van der Waals surface area contributed by atoms with Crippen molar-refractivity contribution >= 4 is 11.7 Å². The number of rotatable bonds is 5. The van der Waals surface area contributed by atoms with Gasteiger partial charge in [-0.25, -0.2) is 0 Å². The number of aliphatic imine (C=N–C) groups is 1. The van der Waals surface area contributed by atoms with Crippen LogP contribution in [0.2, 0.25) is 0 Å². The lowest BCUT2D eigenvalue weighted by atomic mass is 9.98. The van der Waals surface area contributed by atoms with E-state index < -0.39 is 0 Å². The van der Waals surface area contributed by atoms with E-state index in [-0.39, 0.29) is 5.54 Å². The molecular weight excluding hydrogens is 224 g/mol. The van der Waals surface area contributed by atoms with E-state index >= 15 is 0 Å². The summed E-state index contributed by atoms with van der Waals surface area (Å²) in [5, 5.41) is 0. The molecule has 3 heteroatoms. The maximum Gasteiger partial charge on any atom is 0.255 e. The fourth-order valence-electron chi connectivity index (χ4n) is 3.09. The zero-order chi connectivity index (χ0) is 13.2. The summed E-state index contributed by atoms with van der Waals surface area (Å²) in [6.07, 6.45) is 7.52. The van der Waals surface area contributed by atoms with Crippen LogP contribution in [-0.4, -0.2) is 28.7 Å². The standard InChI is InChI=1S/C15H26N2O/c1-4-5-8-13-16-15(9-6-7-10-15)14(18)17(13)11-12(2)3/h12H,4-11H2,1-3H3. The highest BCUT2D eigenvalue weighted by molar-refractivity contribution is 6.08. The first-order valence-electron chi connectivity index (χ1n) is 7.50. The molecule has 1 aliphatic heterocycles. The Labute approximate surface area is 111 Å². The molecule has 1 heterocycles. The van der Waals surface area contributed by atoms with Crippen LogP contribution in [-0.2, 0) is 4.79 Å². The van der Waals surface area contributed by atoms with E-state index in [0.717, 1.165) is 57.3 Å². The first-order valence-corrected chi connectivity index (χ1v) is 7.50. The minimum atomic E-state index is -0.349. The normalized spacial score (nSPS) is 22.3.